The third-order valence-electron chi connectivity index (χ3n) is 3.43. The molecule has 1 saturated heterocycles. The zero-order chi connectivity index (χ0) is 13.0. The quantitative estimate of drug-likeness (QED) is 0.837. The van der Waals surface area contributed by atoms with Gasteiger partial charge in [-0.15, -0.1) is 0 Å². The summed E-state index contributed by atoms with van der Waals surface area (Å²) in [6, 6.07) is 0.414. The molecular formula is C13H24N4O. The number of anilines is 1. The monoisotopic (exact) mass is 252 g/mol. The molecule has 0 spiro atoms. The molecule has 1 N–H and O–H groups in total. The number of hydrogen-bond acceptors (Lipinski definition) is 5. The number of rotatable bonds is 6. The highest BCUT2D eigenvalue weighted by atomic mass is 16.5. The molecule has 1 aromatic rings. The van der Waals surface area contributed by atoms with Crippen molar-refractivity contribution in [3.63, 3.8) is 0 Å². The lowest BCUT2D eigenvalue weighted by molar-refractivity contribution is 0.345. The molecule has 0 radical (unpaired) electrons. The Hall–Kier alpha value is -1.10. The van der Waals surface area contributed by atoms with Crippen molar-refractivity contribution in [2.24, 2.45) is 5.92 Å². The van der Waals surface area contributed by atoms with E-state index in [-0.39, 0.29) is 0 Å². The van der Waals surface area contributed by atoms with Crippen molar-refractivity contribution in [1.82, 2.24) is 15.5 Å². The first-order chi connectivity index (χ1) is 8.69. The molecule has 2 rings (SSSR count). The summed E-state index contributed by atoms with van der Waals surface area (Å²) >= 11 is 0. The zero-order valence-corrected chi connectivity index (χ0v) is 11.6. The first-order valence-electron chi connectivity index (χ1n) is 6.94. The number of nitrogens with one attached hydrogen (secondary N) is 1. The van der Waals surface area contributed by atoms with Crippen LogP contribution in [0.1, 0.15) is 39.0 Å². The van der Waals surface area contributed by atoms with Crippen molar-refractivity contribution in [2.45, 2.75) is 45.6 Å². The summed E-state index contributed by atoms with van der Waals surface area (Å²) < 4.78 is 5.35. The SMILES string of the molecule is CNC(Cc1nc(N2CCCC2)no1)CC(C)C. The van der Waals surface area contributed by atoms with Crippen LogP contribution in [0.3, 0.4) is 0 Å². The van der Waals surface area contributed by atoms with E-state index >= 15 is 0 Å². The second kappa shape index (κ2) is 6.18. The average molecular weight is 252 g/mol. The first-order valence-corrected chi connectivity index (χ1v) is 6.94. The van der Waals surface area contributed by atoms with Crippen LogP contribution < -0.4 is 10.2 Å². The molecule has 1 fully saturated rings. The van der Waals surface area contributed by atoms with Crippen LogP contribution in [0.15, 0.2) is 4.52 Å². The van der Waals surface area contributed by atoms with E-state index in [0.717, 1.165) is 37.8 Å². The van der Waals surface area contributed by atoms with Gasteiger partial charge in [-0.1, -0.05) is 13.8 Å². The summed E-state index contributed by atoms with van der Waals surface area (Å²) in [6.45, 7) is 6.57. The normalized spacial score (nSPS) is 17.7. The fourth-order valence-electron chi connectivity index (χ4n) is 2.46. The molecular weight excluding hydrogens is 228 g/mol. The number of hydrogen-bond donors (Lipinski definition) is 1. The Morgan fingerprint density at radius 1 is 1.33 bits per heavy atom. The van der Waals surface area contributed by atoms with E-state index in [4.69, 9.17) is 4.52 Å². The lowest BCUT2D eigenvalue weighted by atomic mass is 10.0. The van der Waals surface area contributed by atoms with Crippen LogP contribution in [0, 0.1) is 5.92 Å². The molecule has 0 aromatic carbocycles. The summed E-state index contributed by atoms with van der Waals surface area (Å²) in [7, 11) is 1.99. The van der Waals surface area contributed by atoms with Crippen LogP contribution >= 0.6 is 0 Å². The molecule has 2 heterocycles. The minimum absolute atomic E-state index is 0.414. The van der Waals surface area contributed by atoms with Gasteiger partial charge in [0.15, 0.2) is 0 Å². The molecule has 1 aromatic heterocycles. The van der Waals surface area contributed by atoms with Crippen LogP contribution in [-0.4, -0.2) is 36.3 Å². The Balaban J connectivity index is 1.92. The van der Waals surface area contributed by atoms with Crippen molar-refractivity contribution in [3.8, 4) is 0 Å². The fraction of sp³-hybridized carbons (Fsp3) is 0.846. The second-order valence-electron chi connectivity index (χ2n) is 5.50. The molecule has 0 amide bonds. The fourth-order valence-corrected chi connectivity index (χ4v) is 2.46. The van der Waals surface area contributed by atoms with Crippen molar-refractivity contribution < 1.29 is 4.52 Å². The Labute approximate surface area is 109 Å². The lowest BCUT2D eigenvalue weighted by Crippen LogP contribution is -2.29. The standard InChI is InChI=1S/C13H24N4O/c1-10(2)8-11(14-3)9-12-15-13(16-18-12)17-6-4-5-7-17/h10-11,14H,4-9H2,1-3H3. The predicted molar refractivity (Wildman–Crippen MR) is 71.8 cm³/mol. The van der Waals surface area contributed by atoms with Crippen molar-refractivity contribution in [1.29, 1.82) is 0 Å². The Bertz CT molecular complexity index is 358. The van der Waals surface area contributed by atoms with Gasteiger partial charge in [0.1, 0.15) is 0 Å². The smallest absolute Gasteiger partial charge is 0.266 e. The second-order valence-corrected chi connectivity index (χ2v) is 5.50. The van der Waals surface area contributed by atoms with Gasteiger partial charge >= 0.3 is 0 Å². The maximum Gasteiger partial charge on any atom is 0.266 e. The van der Waals surface area contributed by atoms with Gasteiger partial charge in [0.2, 0.25) is 5.89 Å². The van der Waals surface area contributed by atoms with Gasteiger partial charge in [-0.25, -0.2) is 0 Å². The van der Waals surface area contributed by atoms with Gasteiger partial charge in [0.05, 0.1) is 0 Å². The van der Waals surface area contributed by atoms with E-state index in [9.17, 15) is 0 Å². The molecule has 102 valence electrons. The predicted octanol–water partition coefficient (Wildman–Crippen LogP) is 1.85. The van der Waals surface area contributed by atoms with Crippen molar-refractivity contribution in [2.75, 3.05) is 25.0 Å². The number of nitrogens with zero attached hydrogens (tertiary/aromatic N) is 3. The highest BCUT2D eigenvalue weighted by Gasteiger charge is 2.19. The maximum absolute atomic E-state index is 5.35. The Morgan fingerprint density at radius 2 is 2.06 bits per heavy atom. The minimum atomic E-state index is 0.414. The summed E-state index contributed by atoms with van der Waals surface area (Å²) in [5, 5.41) is 7.40. The largest absolute Gasteiger partial charge is 0.338 e. The zero-order valence-electron chi connectivity index (χ0n) is 11.6. The molecule has 0 saturated carbocycles. The number of aromatic nitrogens is 2. The van der Waals surface area contributed by atoms with Gasteiger partial charge in [0, 0.05) is 25.6 Å². The van der Waals surface area contributed by atoms with Crippen LogP contribution in [-0.2, 0) is 6.42 Å². The molecule has 5 heteroatoms. The Morgan fingerprint density at radius 3 is 2.67 bits per heavy atom. The molecule has 0 aliphatic carbocycles. The molecule has 1 aliphatic heterocycles. The third-order valence-corrected chi connectivity index (χ3v) is 3.43. The van der Waals surface area contributed by atoms with E-state index in [1.807, 2.05) is 7.05 Å². The van der Waals surface area contributed by atoms with Crippen LogP contribution in [0.4, 0.5) is 5.95 Å². The number of likely N-dealkylation sites (N-methyl/N-ethyl adjacent to an activating group) is 1. The van der Waals surface area contributed by atoms with Gasteiger partial charge < -0.3 is 14.7 Å². The minimum Gasteiger partial charge on any atom is -0.338 e. The molecule has 1 atom stereocenters. The summed E-state index contributed by atoms with van der Waals surface area (Å²) in [6.07, 6.45) is 4.40. The lowest BCUT2D eigenvalue weighted by Gasteiger charge is -2.16. The van der Waals surface area contributed by atoms with E-state index in [1.165, 1.54) is 12.8 Å². The van der Waals surface area contributed by atoms with E-state index in [2.05, 4.69) is 34.2 Å². The van der Waals surface area contributed by atoms with Crippen LogP contribution in [0.5, 0.6) is 0 Å². The van der Waals surface area contributed by atoms with Gasteiger partial charge in [-0.2, -0.15) is 4.98 Å². The molecule has 5 nitrogen and oxygen atoms in total. The maximum atomic E-state index is 5.35. The average Bonchev–Trinajstić information content (AvgIpc) is 2.97. The van der Waals surface area contributed by atoms with E-state index in [0.29, 0.717) is 12.0 Å². The molecule has 18 heavy (non-hydrogen) atoms. The van der Waals surface area contributed by atoms with Crippen LogP contribution in [0.25, 0.3) is 0 Å². The topological polar surface area (TPSA) is 54.2 Å². The summed E-state index contributed by atoms with van der Waals surface area (Å²) in [5.41, 5.74) is 0. The first kappa shape index (κ1) is 13.3. The highest BCUT2D eigenvalue weighted by molar-refractivity contribution is 5.28. The van der Waals surface area contributed by atoms with Crippen molar-refractivity contribution in [3.05, 3.63) is 5.89 Å². The highest BCUT2D eigenvalue weighted by Crippen LogP contribution is 2.17. The molecule has 1 aliphatic rings. The summed E-state index contributed by atoms with van der Waals surface area (Å²) in [4.78, 5) is 6.69. The van der Waals surface area contributed by atoms with E-state index < -0.39 is 0 Å². The Kier molecular flexibility index (Phi) is 4.58. The van der Waals surface area contributed by atoms with Gasteiger partial charge in [-0.3, -0.25) is 0 Å². The van der Waals surface area contributed by atoms with E-state index in [1.54, 1.807) is 0 Å². The molecule has 0 bridgehead atoms. The third kappa shape index (κ3) is 3.45. The van der Waals surface area contributed by atoms with Crippen LogP contribution in [0.2, 0.25) is 0 Å². The van der Waals surface area contributed by atoms with Gasteiger partial charge in [0.25, 0.3) is 5.95 Å². The van der Waals surface area contributed by atoms with Gasteiger partial charge in [-0.05, 0) is 37.4 Å². The molecule has 1 unspecified atom stereocenters. The summed E-state index contributed by atoms with van der Waals surface area (Å²) in [5.74, 6) is 2.18. The van der Waals surface area contributed by atoms with Crippen molar-refractivity contribution >= 4 is 5.95 Å².